The molecule has 2 aromatic carbocycles. The van der Waals surface area contributed by atoms with E-state index in [1.165, 1.54) is 29.2 Å². The van der Waals surface area contributed by atoms with Gasteiger partial charge in [0.1, 0.15) is 18.1 Å². The smallest absolute Gasteiger partial charge is 0.489 e. The van der Waals surface area contributed by atoms with E-state index in [-0.39, 0.29) is 18.3 Å². The van der Waals surface area contributed by atoms with Gasteiger partial charge in [-0.25, -0.2) is 13.2 Å². The monoisotopic (exact) mass is 491 g/mol. The maximum atomic E-state index is 14.2. The molecule has 3 rings (SSSR count). The van der Waals surface area contributed by atoms with Crippen LogP contribution in [0.2, 0.25) is 0 Å². The van der Waals surface area contributed by atoms with Crippen LogP contribution in [0.1, 0.15) is 37.7 Å². The summed E-state index contributed by atoms with van der Waals surface area (Å²) >= 11 is 0. The van der Waals surface area contributed by atoms with E-state index in [0.717, 1.165) is 32.1 Å². The van der Waals surface area contributed by atoms with Crippen molar-refractivity contribution in [3.8, 4) is 11.5 Å². The van der Waals surface area contributed by atoms with E-state index in [2.05, 4.69) is 4.74 Å². The molecule has 1 aliphatic rings. The van der Waals surface area contributed by atoms with Crippen LogP contribution in [-0.4, -0.2) is 36.8 Å². The predicted molar refractivity (Wildman–Crippen MR) is 115 cm³/mol. The maximum Gasteiger partial charge on any atom is 0.573 e. The first-order valence-corrected chi connectivity index (χ1v) is 11.0. The quantitative estimate of drug-likeness (QED) is 0.387. The Balaban J connectivity index is 1.72. The summed E-state index contributed by atoms with van der Waals surface area (Å²) in [6, 6.07) is 11.6. The average molecular weight is 491 g/mol. The average Bonchev–Trinajstić information content (AvgIpc) is 2.77. The number of hydrogen-bond acceptors (Lipinski definition) is 4. The highest BCUT2D eigenvalue weighted by molar-refractivity contribution is 5.51. The Bertz CT molecular complexity index is 916. The van der Waals surface area contributed by atoms with Crippen molar-refractivity contribution in [2.45, 2.75) is 57.4 Å². The van der Waals surface area contributed by atoms with Crippen molar-refractivity contribution in [3.05, 3.63) is 54.1 Å². The van der Waals surface area contributed by atoms with Gasteiger partial charge in [0.25, 0.3) is 12.3 Å². The van der Waals surface area contributed by atoms with Crippen LogP contribution in [0.25, 0.3) is 0 Å². The van der Waals surface area contributed by atoms with Gasteiger partial charge >= 0.3 is 6.36 Å². The number of anilines is 1. The number of benzene rings is 2. The number of ether oxygens (including phenoxy) is 2. The van der Waals surface area contributed by atoms with Gasteiger partial charge in [0.15, 0.2) is 0 Å². The Labute approximate surface area is 194 Å². The standard InChI is InChI=1S/C24H27F6NO3/c25-22(26)23(27,32)16-31(14-17-6-2-1-3-7-17)19-9-5-10-20(13-19)33-15-18-8-4-11-21(12-18)34-24(28,29)30/h4-5,8-13,17,22,32H,1-3,6-7,14-16H2. The molecular formula is C24H27F6NO3. The first-order chi connectivity index (χ1) is 16.0. The lowest BCUT2D eigenvalue weighted by molar-refractivity contribution is -0.274. The van der Waals surface area contributed by atoms with Gasteiger partial charge in [-0.1, -0.05) is 37.5 Å². The van der Waals surface area contributed by atoms with Crippen molar-refractivity contribution >= 4 is 5.69 Å². The first-order valence-electron chi connectivity index (χ1n) is 11.0. The molecule has 1 aliphatic carbocycles. The largest absolute Gasteiger partial charge is 0.573 e. The fourth-order valence-electron chi connectivity index (χ4n) is 4.05. The Morgan fingerprint density at radius 3 is 2.29 bits per heavy atom. The highest BCUT2D eigenvalue weighted by atomic mass is 19.4. The molecule has 0 aliphatic heterocycles. The lowest BCUT2D eigenvalue weighted by Gasteiger charge is -2.34. The second-order valence-electron chi connectivity index (χ2n) is 8.49. The topological polar surface area (TPSA) is 41.9 Å². The summed E-state index contributed by atoms with van der Waals surface area (Å²) in [4.78, 5) is 1.40. The summed E-state index contributed by atoms with van der Waals surface area (Å²) in [5.74, 6) is -3.56. The predicted octanol–water partition coefficient (Wildman–Crippen LogP) is 6.47. The van der Waals surface area contributed by atoms with Gasteiger partial charge in [0.05, 0.1) is 6.54 Å². The van der Waals surface area contributed by atoms with Gasteiger partial charge in [-0.3, -0.25) is 0 Å². The normalized spacial score (nSPS) is 16.8. The molecule has 1 N–H and O–H groups in total. The zero-order valence-corrected chi connectivity index (χ0v) is 18.4. The van der Waals surface area contributed by atoms with E-state index in [4.69, 9.17) is 4.74 Å². The van der Waals surface area contributed by atoms with Crippen LogP contribution in [0.15, 0.2) is 48.5 Å². The zero-order chi connectivity index (χ0) is 24.8. The Morgan fingerprint density at radius 1 is 0.941 bits per heavy atom. The number of alkyl halides is 6. The first kappa shape index (κ1) is 26.0. The van der Waals surface area contributed by atoms with Gasteiger partial charge in [-0.2, -0.15) is 0 Å². The molecule has 1 atom stereocenters. The van der Waals surface area contributed by atoms with Gasteiger partial charge < -0.3 is 19.5 Å². The third-order valence-corrected chi connectivity index (χ3v) is 5.67. The molecule has 0 bridgehead atoms. The third-order valence-electron chi connectivity index (χ3n) is 5.67. The number of hydrogen-bond donors (Lipinski definition) is 1. The van der Waals surface area contributed by atoms with Crippen LogP contribution < -0.4 is 14.4 Å². The maximum absolute atomic E-state index is 14.2. The van der Waals surface area contributed by atoms with E-state index >= 15 is 0 Å². The molecule has 0 heterocycles. The van der Waals surface area contributed by atoms with Crippen LogP contribution in [0.5, 0.6) is 11.5 Å². The molecule has 0 radical (unpaired) electrons. The number of halogens is 6. The molecule has 1 unspecified atom stereocenters. The zero-order valence-electron chi connectivity index (χ0n) is 18.4. The van der Waals surface area contributed by atoms with Crippen molar-refractivity contribution in [1.29, 1.82) is 0 Å². The molecule has 0 spiro atoms. The Morgan fingerprint density at radius 2 is 1.62 bits per heavy atom. The summed E-state index contributed by atoms with van der Waals surface area (Å²) < 4.78 is 87.1. The van der Waals surface area contributed by atoms with E-state index in [9.17, 15) is 31.4 Å². The highest BCUT2D eigenvalue weighted by Crippen LogP contribution is 2.31. The van der Waals surface area contributed by atoms with Crippen LogP contribution in [0, 0.1) is 5.92 Å². The van der Waals surface area contributed by atoms with Crippen LogP contribution >= 0.6 is 0 Å². The summed E-state index contributed by atoms with van der Waals surface area (Å²) in [5.41, 5.74) is 0.816. The minimum absolute atomic E-state index is 0.0782. The molecule has 1 fully saturated rings. The minimum Gasteiger partial charge on any atom is -0.489 e. The van der Waals surface area contributed by atoms with Crippen molar-refractivity contribution in [3.63, 3.8) is 0 Å². The van der Waals surface area contributed by atoms with Gasteiger partial charge in [-0.15, -0.1) is 13.2 Å². The molecule has 0 amide bonds. The Hall–Kier alpha value is -2.62. The van der Waals surface area contributed by atoms with Crippen LogP contribution in [-0.2, 0) is 6.61 Å². The van der Waals surface area contributed by atoms with E-state index < -0.39 is 25.2 Å². The van der Waals surface area contributed by atoms with Crippen molar-refractivity contribution < 1.29 is 40.9 Å². The molecule has 188 valence electrons. The van der Waals surface area contributed by atoms with Crippen molar-refractivity contribution in [2.24, 2.45) is 5.92 Å². The summed E-state index contributed by atoms with van der Waals surface area (Å²) in [5, 5.41) is 9.60. The van der Waals surface area contributed by atoms with Crippen molar-refractivity contribution in [1.82, 2.24) is 0 Å². The van der Waals surface area contributed by atoms with Crippen molar-refractivity contribution in [2.75, 3.05) is 18.0 Å². The second kappa shape index (κ2) is 11.2. The van der Waals surface area contributed by atoms with E-state index in [0.29, 0.717) is 23.5 Å². The highest BCUT2D eigenvalue weighted by Gasteiger charge is 2.40. The van der Waals surface area contributed by atoms with Gasteiger partial charge in [0, 0.05) is 18.3 Å². The molecule has 1 saturated carbocycles. The SMILES string of the molecule is OC(F)(CN(CC1CCCCC1)c1cccc(OCc2cccc(OC(F)(F)F)c2)c1)C(F)F. The Kier molecular flexibility index (Phi) is 8.57. The molecule has 0 aromatic heterocycles. The number of aliphatic hydroxyl groups is 1. The summed E-state index contributed by atoms with van der Waals surface area (Å²) in [6.07, 6.45) is -3.48. The number of rotatable bonds is 10. The van der Waals surface area contributed by atoms with Gasteiger partial charge in [-0.05, 0) is 48.6 Å². The summed E-state index contributed by atoms with van der Waals surface area (Å²) in [7, 11) is 0. The molecule has 4 nitrogen and oxygen atoms in total. The fraction of sp³-hybridized carbons (Fsp3) is 0.500. The van der Waals surface area contributed by atoms with Gasteiger partial charge in [0.2, 0.25) is 0 Å². The van der Waals surface area contributed by atoms with E-state index in [1.54, 1.807) is 24.3 Å². The molecule has 34 heavy (non-hydrogen) atoms. The van der Waals surface area contributed by atoms with E-state index in [1.807, 2.05) is 0 Å². The molecule has 0 saturated heterocycles. The number of nitrogens with zero attached hydrogens (tertiary/aromatic N) is 1. The summed E-state index contributed by atoms with van der Waals surface area (Å²) in [6.45, 7) is -0.675. The fourth-order valence-corrected chi connectivity index (χ4v) is 4.05. The molecule has 2 aromatic rings. The van der Waals surface area contributed by atoms with Crippen LogP contribution in [0.3, 0.4) is 0 Å². The minimum atomic E-state index is -4.81. The second-order valence-corrected chi connectivity index (χ2v) is 8.49. The molecule has 10 heteroatoms. The third kappa shape index (κ3) is 8.00. The lowest BCUT2D eigenvalue weighted by Crippen LogP contribution is -2.46. The lowest BCUT2D eigenvalue weighted by atomic mass is 9.88. The van der Waals surface area contributed by atoms with Crippen LogP contribution in [0.4, 0.5) is 32.0 Å². The molecular weight excluding hydrogens is 464 g/mol.